The normalized spacial score (nSPS) is 14.4. The van der Waals surface area contributed by atoms with E-state index in [1.165, 1.54) is 5.69 Å². The third-order valence-electron chi connectivity index (χ3n) is 4.27. The predicted molar refractivity (Wildman–Crippen MR) is 102 cm³/mol. The van der Waals surface area contributed by atoms with E-state index in [9.17, 15) is 0 Å². The highest BCUT2D eigenvalue weighted by atomic mass is 32.1. The van der Waals surface area contributed by atoms with E-state index in [1.807, 2.05) is 42.7 Å². The number of hydrogen-bond acceptors (Lipinski definition) is 4. The highest BCUT2D eigenvalue weighted by molar-refractivity contribution is 7.80. The lowest BCUT2D eigenvalue weighted by Gasteiger charge is -2.37. The number of benzene rings is 1. The zero-order valence-corrected chi connectivity index (χ0v) is 14.8. The van der Waals surface area contributed by atoms with Crippen LogP contribution in [-0.2, 0) is 0 Å². The minimum absolute atomic E-state index is 0.776. The van der Waals surface area contributed by atoms with E-state index in [0.29, 0.717) is 0 Å². The van der Waals surface area contributed by atoms with Gasteiger partial charge < -0.3 is 19.9 Å². The van der Waals surface area contributed by atoms with Gasteiger partial charge in [-0.1, -0.05) is 0 Å². The largest absolute Gasteiger partial charge is 0.497 e. The molecule has 0 unspecified atom stereocenters. The summed E-state index contributed by atoms with van der Waals surface area (Å²) in [7, 11) is 1.68. The van der Waals surface area contributed by atoms with Crippen LogP contribution >= 0.6 is 12.2 Å². The molecule has 1 saturated heterocycles. The molecule has 0 radical (unpaired) electrons. The first-order chi connectivity index (χ1) is 11.7. The molecule has 0 bridgehead atoms. The second-order valence-electron chi connectivity index (χ2n) is 5.79. The maximum atomic E-state index is 5.59. The van der Waals surface area contributed by atoms with Gasteiger partial charge in [0.15, 0.2) is 5.11 Å². The number of hydrogen-bond donors (Lipinski definition) is 1. The Morgan fingerprint density at radius 3 is 2.46 bits per heavy atom. The molecule has 3 rings (SSSR count). The van der Waals surface area contributed by atoms with Crippen molar-refractivity contribution >= 4 is 28.7 Å². The average molecular weight is 342 g/mol. The quantitative estimate of drug-likeness (QED) is 0.865. The maximum Gasteiger partial charge on any atom is 0.173 e. The van der Waals surface area contributed by atoms with Crippen molar-refractivity contribution in [1.29, 1.82) is 0 Å². The molecule has 1 aromatic heterocycles. The number of rotatable bonds is 3. The molecule has 0 aliphatic carbocycles. The Labute approximate surface area is 148 Å². The molecular formula is C18H22N4OS. The summed E-state index contributed by atoms with van der Waals surface area (Å²) in [4.78, 5) is 8.65. The number of pyridine rings is 1. The summed E-state index contributed by atoms with van der Waals surface area (Å²) in [5.74, 6) is 0.856. The standard InChI is InChI=1S/C18H22N4OS/c1-14-13-16(23-2)3-4-17(14)20-18(24)22-11-9-21(10-12-22)15-5-7-19-8-6-15/h3-8,13H,9-12H2,1-2H3,(H,20,24). The van der Waals surface area contributed by atoms with Gasteiger partial charge >= 0.3 is 0 Å². The molecule has 2 heterocycles. The van der Waals surface area contributed by atoms with Gasteiger partial charge in [-0.25, -0.2) is 0 Å². The van der Waals surface area contributed by atoms with E-state index in [2.05, 4.69) is 27.0 Å². The average Bonchev–Trinajstić information content (AvgIpc) is 2.64. The van der Waals surface area contributed by atoms with Crippen LogP contribution in [-0.4, -0.2) is 48.3 Å². The number of ether oxygens (including phenoxy) is 1. The fourth-order valence-corrected chi connectivity index (χ4v) is 3.11. The van der Waals surface area contributed by atoms with Gasteiger partial charge in [-0.15, -0.1) is 0 Å². The molecule has 1 N–H and O–H groups in total. The highest BCUT2D eigenvalue weighted by Crippen LogP contribution is 2.22. The molecule has 2 aromatic rings. The van der Waals surface area contributed by atoms with Gasteiger partial charge in [-0.05, 0) is 55.0 Å². The molecule has 0 spiro atoms. The van der Waals surface area contributed by atoms with Crippen LogP contribution in [0.5, 0.6) is 5.75 Å². The van der Waals surface area contributed by atoms with Gasteiger partial charge in [0.25, 0.3) is 0 Å². The van der Waals surface area contributed by atoms with Crippen LogP contribution in [0.2, 0.25) is 0 Å². The van der Waals surface area contributed by atoms with E-state index in [4.69, 9.17) is 17.0 Å². The first kappa shape index (κ1) is 16.5. The molecule has 1 aliphatic rings. The van der Waals surface area contributed by atoms with E-state index >= 15 is 0 Å². The molecule has 0 atom stereocenters. The van der Waals surface area contributed by atoms with Gasteiger partial charge in [0.1, 0.15) is 5.75 Å². The smallest absolute Gasteiger partial charge is 0.173 e. The fourth-order valence-electron chi connectivity index (χ4n) is 2.82. The van der Waals surface area contributed by atoms with Crippen molar-refractivity contribution in [2.24, 2.45) is 0 Å². The monoisotopic (exact) mass is 342 g/mol. The topological polar surface area (TPSA) is 40.6 Å². The van der Waals surface area contributed by atoms with E-state index in [-0.39, 0.29) is 0 Å². The van der Waals surface area contributed by atoms with Crippen molar-refractivity contribution in [1.82, 2.24) is 9.88 Å². The lowest BCUT2D eigenvalue weighted by molar-refractivity contribution is 0.391. The summed E-state index contributed by atoms with van der Waals surface area (Å²) in [5.41, 5.74) is 3.36. The molecular weight excluding hydrogens is 320 g/mol. The third-order valence-corrected chi connectivity index (χ3v) is 4.63. The van der Waals surface area contributed by atoms with Crippen LogP contribution in [0.1, 0.15) is 5.56 Å². The summed E-state index contributed by atoms with van der Waals surface area (Å²) < 4.78 is 5.24. The molecule has 126 valence electrons. The number of methoxy groups -OCH3 is 1. The molecule has 1 aliphatic heterocycles. The van der Waals surface area contributed by atoms with Crippen molar-refractivity contribution in [2.75, 3.05) is 43.5 Å². The van der Waals surface area contributed by atoms with Gasteiger partial charge in [0.05, 0.1) is 7.11 Å². The number of anilines is 2. The predicted octanol–water partition coefficient (Wildman–Crippen LogP) is 2.92. The Kier molecular flexibility index (Phi) is 5.15. The highest BCUT2D eigenvalue weighted by Gasteiger charge is 2.19. The van der Waals surface area contributed by atoms with Crippen molar-refractivity contribution < 1.29 is 4.74 Å². The van der Waals surface area contributed by atoms with Crippen LogP contribution in [0, 0.1) is 6.92 Å². The van der Waals surface area contributed by atoms with Crippen molar-refractivity contribution in [3.8, 4) is 5.75 Å². The molecule has 24 heavy (non-hydrogen) atoms. The minimum atomic E-state index is 0.776. The zero-order valence-electron chi connectivity index (χ0n) is 14.0. The second kappa shape index (κ2) is 7.49. The Hall–Kier alpha value is -2.34. The van der Waals surface area contributed by atoms with Crippen LogP contribution in [0.25, 0.3) is 0 Å². The number of piperazine rings is 1. The Balaban J connectivity index is 1.57. The molecule has 1 aromatic carbocycles. The molecule has 0 saturated carbocycles. The Morgan fingerprint density at radius 1 is 1.12 bits per heavy atom. The SMILES string of the molecule is COc1ccc(NC(=S)N2CCN(c3ccncc3)CC2)c(C)c1. The summed E-state index contributed by atoms with van der Waals surface area (Å²) in [6.07, 6.45) is 3.67. The number of nitrogens with zero attached hydrogens (tertiary/aromatic N) is 3. The van der Waals surface area contributed by atoms with Crippen LogP contribution in [0.4, 0.5) is 11.4 Å². The third kappa shape index (κ3) is 3.76. The summed E-state index contributed by atoms with van der Waals surface area (Å²) >= 11 is 5.59. The minimum Gasteiger partial charge on any atom is -0.497 e. The lowest BCUT2D eigenvalue weighted by Crippen LogP contribution is -2.50. The van der Waals surface area contributed by atoms with Crippen LogP contribution in [0.3, 0.4) is 0 Å². The van der Waals surface area contributed by atoms with Crippen LogP contribution < -0.4 is 15.0 Å². The number of nitrogens with one attached hydrogen (secondary N) is 1. The maximum absolute atomic E-state index is 5.59. The van der Waals surface area contributed by atoms with E-state index in [1.54, 1.807) is 7.11 Å². The van der Waals surface area contributed by atoms with Gasteiger partial charge in [0.2, 0.25) is 0 Å². The second-order valence-corrected chi connectivity index (χ2v) is 6.18. The lowest BCUT2D eigenvalue weighted by atomic mass is 10.2. The summed E-state index contributed by atoms with van der Waals surface area (Å²) in [5, 5.41) is 4.13. The van der Waals surface area contributed by atoms with Gasteiger partial charge in [0, 0.05) is 49.9 Å². The first-order valence-corrected chi connectivity index (χ1v) is 8.44. The van der Waals surface area contributed by atoms with Crippen molar-refractivity contribution in [3.05, 3.63) is 48.3 Å². The van der Waals surface area contributed by atoms with Crippen molar-refractivity contribution in [3.63, 3.8) is 0 Å². The van der Waals surface area contributed by atoms with Gasteiger partial charge in [-0.2, -0.15) is 0 Å². The zero-order chi connectivity index (χ0) is 16.9. The molecule has 0 amide bonds. The van der Waals surface area contributed by atoms with Crippen molar-refractivity contribution in [2.45, 2.75) is 6.92 Å². The van der Waals surface area contributed by atoms with Crippen LogP contribution in [0.15, 0.2) is 42.7 Å². The molecule has 6 heteroatoms. The molecule has 1 fully saturated rings. The van der Waals surface area contributed by atoms with Gasteiger partial charge in [-0.3, -0.25) is 4.98 Å². The van der Waals surface area contributed by atoms with E-state index < -0.39 is 0 Å². The molecule has 5 nitrogen and oxygen atoms in total. The number of thiocarbonyl (C=S) groups is 1. The summed E-state index contributed by atoms with van der Waals surface area (Å²) in [6, 6.07) is 10.1. The number of aromatic nitrogens is 1. The van der Waals surface area contributed by atoms with E-state index in [0.717, 1.165) is 48.3 Å². The summed E-state index contributed by atoms with van der Waals surface area (Å²) in [6.45, 7) is 5.77. The fraction of sp³-hybridized carbons (Fsp3) is 0.333. The Morgan fingerprint density at radius 2 is 1.83 bits per heavy atom. The number of aryl methyl sites for hydroxylation is 1. The first-order valence-electron chi connectivity index (χ1n) is 8.03. The Bertz CT molecular complexity index is 699.